The summed E-state index contributed by atoms with van der Waals surface area (Å²) in [6, 6.07) is 13.1. The molecule has 7 nitrogen and oxygen atoms in total. The van der Waals surface area contributed by atoms with Crippen LogP contribution in [0.3, 0.4) is 0 Å². The lowest BCUT2D eigenvalue weighted by atomic mass is 10.0. The van der Waals surface area contributed by atoms with Crippen molar-refractivity contribution in [2.24, 2.45) is 5.92 Å². The van der Waals surface area contributed by atoms with Crippen molar-refractivity contribution in [2.45, 2.75) is 64.2 Å². The number of ether oxygens (including phenoxy) is 2. The molecule has 34 heavy (non-hydrogen) atoms. The maximum Gasteiger partial charge on any atom is 0.324 e. The van der Waals surface area contributed by atoms with Gasteiger partial charge in [-0.25, -0.2) is 8.42 Å². The van der Waals surface area contributed by atoms with E-state index in [0.717, 1.165) is 5.56 Å². The number of rotatable bonds is 11. The van der Waals surface area contributed by atoms with Crippen molar-refractivity contribution >= 4 is 37.6 Å². The molecule has 188 valence electrons. The third-order valence-corrected chi connectivity index (χ3v) is 7.18. The molecular weight excluding hydrogens is 520 g/mol. The first-order valence-corrected chi connectivity index (χ1v) is 13.8. The van der Waals surface area contributed by atoms with Crippen LogP contribution in [0.25, 0.3) is 0 Å². The van der Waals surface area contributed by atoms with E-state index in [1.165, 1.54) is 16.4 Å². The first kappa shape index (κ1) is 28.1. The van der Waals surface area contributed by atoms with Crippen LogP contribution in [0.2, 0.25) is 0 Å². The summed E-state index contributed by atoms with van der Waals surface area (Å²) in [7, 11) is -4.10. The highest BCUT2D eigenvalue weighted by molar-refractivity contribution is 9.09. The van der Waals surface area contributed by atoms with Crippen LogP contribution < -0.4 is 10.5 Å². The zero-order valence-electron chi connectivity index (χ0n) is 20.5. The number of esters is 1. The van der Waals surface area contributed by atoms with Crippen LogP contribution in [0.15, 0.2) is 53.4 Å². The molecule has 2 N–H and O–H groups in total. The Kier molecular flexibility index (Phi) is 9.96. The average Bonchev–Trinajstić information content (AvgIpc) is 2.73. The van der Waals surface area contributed by atoms with E-state index in [-0.39, 0.29) is 23.0 Å². The van der Waals surface area contributed by atoms with Crippen molar-refractivity contribution in [3.8, 4) is 5.75 Å². The lowest BCUT2D eigenvalue weighted by Gasteiger charge is -2.32. The van der Waals surface area contributed by atoms with Gasteiger partial charge in [0.15, 0.2) is 0 Å². The lowest BCUT2D eigenvalue weighted by molar-refractivity contribution is -0.160. The topological polar surface area (TPSA) is 98.9 Å². The fourth-order valence-electron chi connectivity index (χ4n) is 3.39. The first-order valence-electron chi connectivity index (χ1n) is 11.2. The third kappa shape index (κ3) is 7.99. The van der Waals surface area contributed by atoms with Crippen molar-refractivity contribution in [2.75, 3.05) is 17.6 Å². The standard InChI is InChI=1S/C25H35BrN2O5S/c1-18(2)15-22(24(29)33-25(3,4)5)28(14-13-26)34(30,31)23-12-11-20(16-21(23)27)32-17-19-9-7-6-8-10-19/h6-12,16,18,22H,13-15,17,27H2,1-5H3/t22-/m1/s1. The number of anilines is 1. The number of hydrogen-bond donors (Lipinski definition) is 1. The third-order valence-electron chi connectivity index (χ3n) is 4.84. The molecule has 0 radical (unpaired) electrons. The summed E-state index contributed by atoms with van der Waals surface area (Å²) >= 11 is 3.32. The maximum absolute atomic E-state index is 13.7. The molecule has 2 rings (SSSR count). The summed E-state index contributed by atoms with van der Waals surface area (Å²) in [5, 5.41) is 0.349. The van der Waals surface area contributed by atoms with Crippen molar-refractivity contribution in [3.05, 3.63) is 54.1 Å². The molecule has 2 aromatic carbocycles. The number of nitrogens with two attached hydrogens (primary N) is 1. The molecule has 0 aromatic heterocycles. The van der Waals surface area contributed by atoms with Gasteiger partial charge in [-0.05, 0) is 50.8 Å². The summed E-state index contributed by atoms with van der Waals surface area (Å²) in [4.78, 5) is 13.0. The van der Waals surface area contributed by atoms with Gasteiger partial charge in [0.1, 0.15) is 28.9 Å². The van der Waals surface area contributed by atoms with Crippen molar-refractivity contribution in [1.29, 1.82) is 0 Å². The zero-order chi connectivity index (χ0) is 25.5. The molecule has 9 heteroatoms. The van der Waals surface area contributed by atoms with E-state index in [2.05, 4.69) is 15.9 Å². The molecule has 0 aliphatic rings. The molecule has 0 amide bonds. The Labute approximate surface area is 211 Å². The van der Waals surface area contributed by atoms with Crippen LogP contribution in [0.5, 0.6) is 5.75 Å². The van der Waals surface area contributed by atoms with E-state index in [0.29, 0.717) is 24.1 Å². The fraction of sp³-hybridized carbons (Fsp3) is 0.480. The van der Waals surface area contributed by atoms with E-state index >= 15 is 0 Å². The molecule has 0 aliphatic heterocycles. The van der Waals surface area contributed by atoms with E-state index < -0.39 is 27.6 Å². The molecule has 2 aromatic rings. The van der Waals surface area contributed by atoms with Crippen LogP contribution in [0.1, 0.15) is 46.6 Å². The van der Waals surface area contributed by atoms with Crippen LogP contribution in [0.4, 0.5) is 5.69 Å². The predicted molar refractivity (Wildman–Crippen MR) is 138 cm³/mol. The highest BCUT2D eigenvalue weighted by Gasteiger charge is 2.39. The summed E-state index contributed by atoms with van der Waals surface area (Å²) in [6.45, 7) is 9.56. The zero-order valence-corrected chi connectivity index (χ0v) is 22.9. The summed E-state index contributed by atoms with van der Waals surface area (Å²) in [5.41, 5.74) is 6.47. The van der Waals surface area contributed by atoms with Gasteiger partial charge in [0.05, 0.1) is 5.69 Å². The van der Waals surface area contributed by atoms with Gasteiger partial charge in [-0.2, -0.15) is 4.31 Å². The van der Waals surface area contributed by atoms with Gasteiger partial charge < -0.3 is 15.2 Å². The van der Waals surface area contributed by atoms with Gasteiger partial charge in [0.2, 0.25) is 10.0 Å². The Hall–Kier alpha value is -2.10. The SMILES string of the molecule is CC(C)C[C@H](C(=O)OC(C)(C)C)N(CCBr)S(=O)(=O)c1ccc(OCc2ccccc2)cc1N. The van der Waals surface area contributed by atoms with Crippen LogP contribution in [0, 0.1) is 5.92 Å². The molecule has 0 spiro atoms. The number of carbonyl (C=O) groups is 1. The van der Waals surface area contributed by atoms with E-state index in [1.807, 2.05) is 44.2 Å². The molecule has 0 saturated carbocycles. The van der Waals surface area contributed by atoms with Gasteiger partial charge in [-0.15, -0.1) is 0 Å². The van der Waals surface area contributed by atoms with Gasteiger partial charge in [0, 0.05) is 17.9 Å². The van der Waals surface area contributed by atoms with Crippen LogP contribution >= 0.6 is 15.9 Å². The number of benzene rings is 2. The van der Waals surface area contributed by atoms with E-state index in [1.54, 1.807) is 26.8 Å². The molecule has 0 saturated heterocycles. The Morgan fingerprint density at radius 2 is 1.76 bits per heavy atom. The molecule has 1 atom stereocenters. The fourth-order valence-corrected chi connectivity index (χ4v) is 5.70. The molecule has 0 aliphatic carbocycles. The molecule has 0 fully saturated rings. The Morgan fingerprint density at radius 3 is 2.29 bits per heavy atom. The number of nitrogens with zero attached hydrogens (tertiary/aromatic N) is 1. The minimum absolute atomic E-state index is 0.0534. The van der Waals surface area contributed by atoms with Gasteiger partial charge >= 0.3 is 5.97 Å². The number of alkyl halides is 1. The van der Waals surface area contributed by atoms with Crippen LogP contribution in [-0.4, -0.2) is 42.2 Å². The largest absolute Gasteiger partial charge is 0.489 e. The smallest absolute Gasteiger partial charge is 0.324 e. The molecule has 0 bridgehead atoms. The van der Waals surface area contributed by atoms with Crippen molar-refractivity contribution < 1.29 is 22.7 Å². The minimum atomic E-state index is -4.10. The molecular formula is C25H35BrN2O5S. The number of hydrogen-bond acceptors (Lipinski definition) is 6. The first-order chi connectivity index (χ1) is 15.8. The normalized spacial score (nSPS) is 13.2. The Morgan fingerprint density at radius 1 is 1.12 bits per heavy atom. The van der Waals surface area contributed by atoms with Crippen molar-refractivity contribution in [3.63, 3.8) is 0 Å². The second-order valence-corrected chi connectivity index (χ2v) is 12.1. The number of carbonyl (C=O) groups excluding carboxylic acids is 1. The highest BCUT2D eigenvalue weighted by atomic mass is 79.9. The lowest BCUT2D eigenvalue weighted by Crippen LogP contribution is -2.49. The van der Waals surface area contributed by atoms with Gasteiger partial charge in [0.25, 0.3) is 0 Å². The number of nitrogen functional groups attached to an aromatic ring is 1. The second-order valence-electron chi connectivity index (χ2n) is 9.46. The average molecular weight is 556 g/mol. The van der Waals surface area contributed by atoms with E-state index in [9.17, 15) is 13.2 Å². The quantitative estimate of drug-likeness (QED) is 0.238. The van der Waals surface area contributed by atoms with Crippen LogP contribution in [-0.2, 0) is 26.2 Å². The molecule has 0 unspecified atom stereocenters. The molecule has 0 heterocycles. The van der Waals surface area contributed by atoms with Gasteiger partial charge in [-0.1, -0.05) is 60.1 Å². The minimum Gasteiger partial charge on any atom is -0.489 e. The maximum atomic E-state index is 13.7. The predicted octanol–water partition coefficient (Wildman–Crippen LogP) is 4.99. The summed E-state index contributed by atoms with van der Waals surface area (Å²) < 4.78 is 39.9. The monoisotopic (exact) mass is 554 g/mol. The van der Waals surface area contributed by atoms with Gasteiger partial charge in [-0.3, -0.25) is 4.79 Å². The Balaban J connectivity index is 2.36. The second kappa shape index (κ2) is 12.0. The number of halogens is 1. The number of sulfonamides is 1. The summed E-state index contributed by atoms with van der Waals surface area (Å²) in [6.07, 6.45) is 0.319. The Bertz CT molecular complexity index is 1050. The van der Waals surface area contributed by atoms with E-state index in [4.69, 9.17) is 15.2 Å². The highest BCUT2D eigenvalue weighted by Crippen LogP contribution is 2.30. The summed E-state index contributed by atoms with van der Waals surface area (Å²) in [5.74, 6) is -0.0537. The van der Waals surface area contributed by atoms with Crippen molar-refractivity contribution in [1.82, 2.24) is 4.31 Å².